The zero-order chi connectivity index (χ0) is 16.2. The summed E-state index contributed by atoms with van der Waals surface area (Å²) >= 11 is 0. The lowest BCUT2D eigenvalue weighted by molar-refractivity contribution is 0.0669. The maximum absolute atomic E-state index is 12.9. The first-order chi connectivity index (χ1) is 11.2. The van der Waals surface area contributed by atoms with Crippen molar-refractivity contribution in [3.63, 3.8) is 0 Å². The predicted molar refractivity (Wildman–Crippen MR) is 87.8 cm³/mol. The molecule has 0 radical (unpaired) electrons. The van der Waals surface area contributed by atoms with Gasteiger partial charge in [-0.15, -0.1) is 0 Å². The third-order valence-corrected chi connectivity index (χ3v) is 4.21. The summed E-state index contributed by atoms with van der Waals surface area (Å²) in [5, 5.41) is 0. The lowest BCUT2D eigenvalue weighted by Gasteiger charge is -2.24. The number of carbonyl (C=O) groups excluding carboxylic acids is 2. The van der Waals surface area contributed by atoms with E-state index in [1.54, 1.807) is 42.3 Å². The summed E-state index contributed by atoms with van der Waals surface area (Å²) < 4.78 is 5.27. The van der Waals surface area contributed by atoms with Gasteiger partial charge in [-0.25, -0.2) is 0 Å². The van der Waals surface area contributed by atoms with Crippen molar-refractivity contribution in [2.24, 2.45) is 0 Å². The SMILES string of the molecule is COc1ccccc1C(=O)N1CCCC1C(=O)c1ccccc1. The Morgan fingerprint density at radius 3 is 2.48 bits per heavy atom. The Morgan fingerprint density at radius 1 is 1.04 bits per heavy atom. The fourth-order valence-corrected chi connectivity index (χ4v) is 3.05. The molecule has 1 saturated heterocycles. The first-order valence-electron chi connectivity index (χ1n) is 7.75. The van der Waals surface area contributed by atoms with E-state index in [1.807, 2.05) is 24.3 Å². The van der Waals surface area contributed by atoms with Crippen LogP contribution in [-0.4, -0.2) is 36.3 Å². The molecule has 23 heavy (non-hydrogen) atoms. The summed E-state index contributed by atoms with van der Waals surface area (Å²) in [6.45, 7) is 0.597. The van der Waals surface area contributed by atoms with Crippen molar-refractivity contribution in [3.8, 4) is 5.75 Å². The number of hydrogen-bond acceptors (Lipinski definition) is 3. The van der Waals surface area contributed by atoms with Gasteiger partial charge in [-0.2, -0.15) is 0 Å². The number of methoxy groups -OCH3 is 1. The van der Waals surface area contributed by atoms with Crippen molar-refractivity contribution in [3.05, 3.63) is 65.7 Å². The van der Waals surface area contributed by atoms with Gasteiger partial charge in [-0.3, -0.25) is 9.59 Å². The molecule has 118 valence electrons. The number of rotatable bonds is 4. The molecule has 1 aliphatic heterocycles. The lowest BCUT2D eigenvalue weighted by Crippen LogP contribution is -2.40. The highest BCUT2D eigenvalue weighted by atomic mass is 16.5. The van der Waals surface area contributed by atoms with Crippen molar-refractivity contribution in [2.75, 3.05) is 13.7 Å². The van der Waals surface area contributed by atoms with E-state index in [0.29, 0.717) is 29.8 Å². The number of nitrogens with zero attached hydrogens (tertiary/aromatic N) is 1. The molecule has 0 aliphatic carbocycles. The van der Waals surface area contributed by atoms with E-state index in [4.69, 9.17) is 4.74 Å². The van der Waals surface area contributed by atoms with Crippen LogP contribution in [0.3, 0.4) is 0 Å². The van der Waals surface area contributed by atoms with Crippen LogP contribution in [-0.2, 0) is 0 Å². The number of carbonyl (C=O) groups is 2. The van der Waals surface area contributed by atoms with Crippen LogP contribution >= 0.6 is 0 Å². The molecule has 0 bridgehead atoms. The Hall–Kier alpha value is -2.62. The van der Waals surface area contributed by atoms with Crippen molar-refractivity contribution in [1.29, 1.82) is 0 Å². The number of Topliss-reactive ketones (excluding diaryl/α,β-unsaturated/α-hetero) is 1. The highest BCUT2D eigenvalue weighted by Crippen LogP contribution is 2.26. The highest BCUT2D eigenvalue weighted by Gasteiger charge is 2.35. The number of amides is 1. The van der Waals surface area contributed by atoms with Gasteiger partial charge in [0.15, 0.2) is 5.78 Å². The van der Waals surface area contributed by atoms with Crippen molar-refractivity contribution in [1.82, 2.24) is 4.90 Å². The largest absolute Gasteiger partial charge is 0.496 e. The summed E-state index contributed by atoms with van der Waals surface area (Å²) in [5.74, 6) is 0.399. The van der Waals surface area contributed by atoms with Gasteiger partial charge >= 0.3 is 0 Å². The van der Waals surface area contributed by atoms with Gasteiger partial charge in [0.1, 0.15) is 5.75 Å². The predicted octanol–water partition coefficient (Wildman–Crippen LogP) is 3.18. The quantitative estimate of drug-likeness (QED) is 0.815. The minimum Gasteiger partial charge on any atom is -0.496 e. The number of likely N-dealkylation sites (tertiary alicyclic amines) is 1. The summed E-state index contributed by atoms with van der Waals surface area (Å²) in [6, 6.07) is 15.9. The average molecular weight is 309 g/mol. The monoisotopic (exact) mass is 309 g/mol. The molecule has 4 nitrogen and oxygen atoms in total. The molecule has 0 saturated carbocycles. The van der Waals surface area contributed by atoms with Gasteiger partial charge in [0.25, 0.3) is 5.91 Å². The molecule has 2 aromatic rings. The molecule has 1 fully saturated rings. The molecule has 0 N–H and O–H groups in total. The van der Waals surface area contributed by atoms with E-state index in [9.17, 15) is 9.59 Å². The topological polar surface area (TPSA) is 46.6 Å². The number of ketones is 1. The van der Waals surface area contributed by atoms with E-state index in [2.05, 4.69) is 0 Å². The smallest absolute Gasteiger partial charge is 0.258 e. The third-order valence-electron chi connectivity index (χ3n) is 4.21. The first kappa shape index (κ1) is 15.3. The summed E-state index contributed by atoms with van der Waals surface area (Å²) in [6.07, 6.45) is 1.54. The Balaban J connectivity index is 1.87. The molecule has 1 aliphatic rings. The second-order valence-electron chi connectivity index (χ2n) is 5.59. The van der Waals surface area contributed by atoms with Gasteiger partial charge in [-0.05, 0) is 25.0 Å². The van der Waals surface area contributed by atoms with Crippen LogP contribution in [0.2, 0.25) is 0 Å². The molecule has 1 amide bonds. The number of hydrogen-bond donors (Lipinski definition) is 0. The fraction of sp³-hybridized carbons (Fsp3) is 0.263. The molecule has 1 atom stereocenters. The molecule has 0 aromatic heterocycles. The van der Waals surface area contributed by atoms with E-state index >= 15 is 0 Å². The van der Waals surface area contributed by atoms with E-state index in [-0.39, 0.29) is 11.7 Å². The molecule has 1 unspecified atom stereocenters. The maximum atomic E-state index is 12.9. The second-order valence-corrected chi connectivity index (χ2v) is 5.59. The van der Waals surface area contributed by atoms with Crippen LogP contribution in [0.25, 0.3) is 0 Å². The summed E-state index contributed by atoms with van der Waals surface area (Å²) in [4.78, 5) is 27.3. The van der Waals surface area contributed by atoms with Crippen LogP contribution in [0.1, 0.15) is 33.6 Å². The number of ether oxygens (including phenoxy) is 1. The number of benzene rings is 2. The fourth-order valence-electron chi connectivity index (χ4n) is 3.05. The molecule has 3 rings (SSSR count). The number of para-hydroxylation sites is 1. The van der Waals surface area contributed by atoms with E-state index < -0.39 is 6.04 Å². The minimum absolute atomic E-state index is 0.00588. The van der Waals surface area contributed by atoms with Crippen LogP contribution < -0.4 is 4.74 Å². The molecular formula is C19H19NO3. The molecule has 4 heteroatoms. The highest BCUT2D eigenvalue weighted by molar-refractivity contribution is 6.05. The summed E-state index contributed by atoms with van der Waals surface area (Å²) in [7, 11) is 1.54. The van der Waals surface area contributed by atoms with E-state index in [0.717, 1.165) is 6.42 Å². The van der Waals surface area contributed by atoms with Crippen molar-refractivity contribution >= 4 is 11.7 Å². The average Bonchev–Trinajstić information content (AvgIpc) is 3.10. The molecule has 1 heterocycles. The first-order valence-corrected chi connectivity index (χ1v) is 7.75. The maximum Gasteiger partial charge on any atom is 0.258 e. The van der Waals surface area contributed by atoms with E-state index in [1.165, 1.54) is 0 Å². The van der Waals surface area contributed by atoms with Gasteiger partial charge in [0, 0.05) is 12.1 Å². The van der Waals surface area contributed by atoms with Crippen LogP contribution in [0.5, 0.6) is 5.75 Å². The third kappa shape index (κ3) is 2.97. The molecule has 2 aromatic carbocycles. The Bertz CT molecular complexity index is 712. The van der Waals surface area contributed by atoms with Crippen LogP contribution in [0.15, 0.2) is 54.6 Å². The van der Waals surface area contributed by atoms with Gasteiger partial charge in [0.2, 0.25) is 0 Å². The van der Waals surface area contributed by atoms with Gasteiger partial charge in [0.05, 0.1) is 18.7 Å². The minimum atomic E-state index is -0.394. The van der Waals surface area contributed by atoms with Crippen LogP contribution in [0.4, 0.5) is 0 Å². The van der Waals surface area contributed by atoms with Crippen molar-refractivity contribution in [2.45, 2.75) is 18.9 Å². The van der Waals surface area contributed by atoms with Gasteiger partial charge < -0.3 is 9.64 Å². The van der Waals surface area contributed by atoms with Crippen LogP contribution in [0, 0.1) is 0 Å². The normalized spacial score (nSPS) is 17.1. The van der Waals surface area contributed by atoms with Crippen molar-refractivity contribution < 1.29 is 14.3 Å². The zero-order valence-electron chi connectivity index (χ0n) is 13.1. The Kier molecular flexibility index (Phi) is 4.42. The Morgan fingerprint density at radius 2 is 1.74 bits per heavy atom. The second kappa shape index (κ2) is 6.65. The van der Waals surface area contributed by atoms with Gasteiger partial charge in [-0.1, -0.05) is 42.5 Å². The molecular weight excluding hydrogens is 290 g/mol. The zero-order valence-corrected chi connectivity index (χ0v) is 13.1. The lowest BCUT2D eigenvalue weighted by atomic mass is 10.0. The standard InChI is InChI=1S/C19H19NO3/c1-23-17-12-6-5-10-15(17)19(22)20-13-7-11-16(20)18(21)14-8-3-2-4-9-14/h2-6,8-10,12,16H,7,11,13H2,1H3. The summed E-state index contributed by atoms with van der Waals surface area (Å²) in [5.41, 5.74) is 1.15. The molecule has 0 spiro atoms. The Labute approximate surface area is 135 Å².